The van der Waals surface area contributed by atoms with Crippen LogP contribution in [-0.4, -0.2) is 43.7 Å². The first kappa shape index (κ1) is 13.0. The van der Waals surface area contributed by atoms with Crippen molar-refractivity contribution in [1.82, 2.24) is 4.31 Å². The zero-order chi connectivity index (χ0) is 13.2. The maximum Gasteiger partial charge on any atom is 0.335 e. The van der Waals surface area contributed by atoms with E-state index in [-0.39, 0.29) is 17.2 Å². The van der Waals surface area contributed by atoms with Gasteiger partial charge in [-0.25, -0.2) is 13.2 Å². The SMILES string of the molecule is O=C(O)c1ccc(S(=O)(=O)N2CCCOC2)cc1. The molecule has 0 radical (unpaired) electrons. The summed E-state index contributed by atoms with van der Waals surface area (Å²) in [5.41, 5.74) is 0.0591. The molecule has 98 valence electrons. The molecule has 1 saturated heterocycles. The molecule has 0 bridgehead atoms. The largest absolute Gasteiger partial charge is 0.478 e. The second kappa shape index (κ2) is 5.05. The normalized spacial score (nSPS) is 17.6. The van der Waals surface area contributed by atoms with Crippen molar-refractivity contribution in [3.05, 3.63) is 29.8 Å². The van der Waals surface area contributed by atoms with Crippen LogP contribution in [0.1, 0.15) is 16.8 Å². The summed E-state index contributed by atoms with van der Waals surface area (Å²) >= 11 is 0. The molecular formula is C11H13NO5S. The predicted octanol–water partition coefficient (Wildman–Crippen LogP) is 0.753. The first-order valence-electron chi connectivity index (χ1n) is 5.43. The molecule has 0 saturated carbocycles. The minimum atomic E-state index is -3.59. The van der Waals surface area contributed by atoms with Crippen molar-refractivity contribution in [2.45, 2.75) is 11.3 Å². The summed E-state index contributed by atoms with van der Waals surface area (Å²) in [5.74, 6) is -1.08. The highest BCUT2D eigenvalue weighted by molar-refractivity contribution is 7.89. The van der Waals surface area contributed by atoms with E-state index < -0.39 is 16.0 Å². The first-order chi connectivity index (χ1) is 8.51. The smallest absolute Gasteiger partial charge is 0.335 e. The summed E-state index contributed by atoms with van der Waals surface area (Å²) in [7, 11) is -3.59. The van der Waals surface area contributed by atoms with Gasteiger partial charge in [-0.2, -0.15) is 4.31 Å². The zero-order valence-corrected chi connectivity index (χ0v) is 10.4. The lowest BCUT2D eigenvalue weighted by atomic mass is 10.2. The van der Waals surface area contributed by atoms with E-state index in [4.69, 9.17) is 9.84 Å². The molecule has 1 aromatic rings. The quantitative estimate of drug-likeness (QED) is 0.877. The van der Waals surface area contributed by atoms with Crippen LogP contribution in [0.5, 0.6) is 0 Å². The Bertz CT molecular complexity index is 531. The summed E-state index contributed by atoms with van der Waals surface area (Å²) in [6.07, 6.45) is 0.659. The second-order valence-electron chi connectivity index (χ2n) is 3.90. The van der Waals surface area contributed by atoms with Gasteiger partial charge >= 0.3 is 5.97 Å². The predicted molar refractivity (Wildman–Crippen MR) is 62.7 cm³/mol. The number of carboxylic acid groups (broad SMARTS) is 1. The molecule has 0 amide bonds. The van der Waals surface area contributed by atoms with Crippen LogP contribution < -0.4 is 0 Å². The number of nitrogens with zero attached hydrogens (tertiary/aromatic N) is 1. The molecule has 1 fully saturated rings. The fourth-order valence-electron chi connectivity index (χ4n) is 1.68. The molecule has 0 aromatic heterocycles. The van der Waals surface area contributed by atoms with E-state index in [1.165, 1.54) is 28.6 Å². The van der Waals surface area contributed by atoms with Crippen LogP contribution in [-0.2, 0) is 14.8 Å². The average molecular weight is 271 g/mol. The third kappa shape index (κ3) is 2.53. The maximum atomic E-state index is 12.2. The van der Waals surface area contributed by atoms with Gasteiger partial charge in [-0.1, -0.05) is 0 Å². The standard InChI is InChI=1S/C11H13NO5S/c13-11(14)9-2-4-10(5-3-9)18(15,16)12-6-1-7-17-8-12/h2-5H,1,6-8H2,(H,13,14). The fourth-order valence-corrected chi connectivity index (χ4v) is 3.04. The topological polar surface area (TPSA) is 83.9 Å². The van der Waals surface area contributed by atoms with Crippen molar-refractivity contribution in [3.63, 3.8) is 0 Å². The third-order valence-corrected chi connectivity index (χ3v) is 4.51. The molecule has 1 N–H and O–H groups in total. The Morgan fingerprint density at radius 1 is 1.28 bits per heavy atom. The van der Waals surface area contributed by atoms with E-state index in [9.17, 15) is 13.2 Å². The van der Waals surface area contributed by atoms with Crippen molar-refractivity contribution in [3.8, 4) is 0 Å². The Morgan fingerprint density at radius 2 is 1.94 bits per heavy atom. The second-order valence-corrected chi connectivity index (χ2v) is 5.84. The Balaban J connectivity index is 2.26. The van der Waals surface area contributed by atoms with Gasteiger partial charge in [0.25, 0.3) is 0 Å². The summed E-state index contributed by atoms with van der Waals surface area (Å²) in [6.45, 7) is 1.02. The monoisotopic (exact) mass is 271 g/mol. The van der Waals surface area contributed by atoms with Crippen molar-refractivity contribution >= 4 is 16.0 Å². The van der Waals surface area contributed by atoms with Crippen LogP contribution in [0.4, 0.5) is 0 Å². The van der Waals surface area contributed by atoms with Crippen LogP contribution in [0, 0.1) is 0 Å². The van der Waals surface area contributed by atoms with E-state index in [0.29, 0.717) is 19.6 Å². The van der Waals surface area contributed by atoms with Gasteiger partial charge < -0.3 is 9.84 Å². The lowest BCUT2D eigenvalue weighted by Gasteiger charge is -2.25. The third-order valence-electron chi connectivity index (χ3n) is 2.67. The summed E-state index contributed by atoms with van der Waals surface area (Å²) in [5, 5.41) is 8.75. The van der Waals surface area contributed by atoms with Gasteiger partial charge in [0.2, 0.25) is 10.0 Å². The van der Waals surface area contributed by atoms with Gasteiger partial charge in [0, 0.05) is 13.2 Å². The Labute approximate surface area is 105 Å². The van der Waals surface area contributed by atoms with E-state index in [0.717, 1.165) is 0 Å². The minimum absolute atomic E-state index is 0.0447. The average Bonchev–Trinajstić information content (AvgIpc) is 2.40. The van der Waals surface area contributed by atoms with Crippen LogP contribution in [0.3, 0.4) is 0 Å². The summed E-state index contributed by atoms with van der Waals surface area (Å²) in [4.78, 5) is 10.8. The molecule has 18 heavy (non-hydrogen) atoms. The van der Waals surface area contributed by atoms with E-state index in [2.05, 4.69) is 0 Å². The first-order valence-corrected chi connectivity index (χ1v) is 6.87. The van der Waals surface area contributed by atoms with Gasteiger partial charge in [0.1, 0.15) is 6.73 Å². The number of carboxylic acids is 1. The molecule has 1 aliphatic rings. The van der Waals surface area contributed by atoms with Crippen LogP contribution in [0.25, 0.3) is 0 Å². The summed E-state index contributed by atoms with van der Waals surface area (Å²) < 4.78 is 30.7. The molecule has 1 heterocycles. The number of benzene rings is 1. The summed E-state index contributed by atoms with van der Waals surface area (Å²) in [6, 6.07) is 5.15. The van der Waals surface area contributed by atoms with Crippen molar-refractivity contribution < 1.29 is 23.1 Å². The number of carbonyl (C=O) groups is 1. The molecular weight excluding hydrogens is 258 g/mol. The molecule has 0 atom stereocenters. The molecule has 7 heteroatoms. The molecule has 6 nitrogen and oxygen atoms in total. The molecule has 0 unspecified atom stereocenters. The number of hydrogen-bond donors (Lipinski definition) is 1. The maximum absolute atomic E-state index is 12.2. The van der Waals surface area contributed by atoms with Gasteiger partial charge in [0.15, 0.2) is 0 Å². The van der Waals surface area contributed by atoms with E-state index >= 15 is 0 Å². The Hall–Kier alpha value is -1.44. The fraction of sp³-hybridized carbons (Fsp3) is 0.364. The highest BCUT2D eigenvalue weighted by Gasteiger charge is 2.26. The molecule has 1 aromatic carbocycles. The van der Waals surface area contributed by atoms with Crippen molar-refractivity contribution in [2.75, 3.05) is 19.9 Å². The van der Waals surface area contributed by atoms with Gasteiger partial charge in [-0.15, -0.1) is 0 Å². The highest BCUT2D eigenvalue weighted by atomic mass is 32.2. The molecule has 0 spiro atoms. The van der Waals surface area contributed by atoms with Crippen LogP contribution in [0.15, 0.2) is 29.2 Å². The number of ether oxygens (including phenoxy) is 1. The number of hydrogen-bond acceptors (Lipinski definition) is 4. The van der Waals surface area contributed by atoms with Gasteiger partial charge in [0.05, 0.1) is 10.5 Å². The highest BCUT2D eigenvalue weighted by Crippen LogP contribution is 2.18. The van der Waals surface area contributed by atoms with E-state index in [1.54, 1.807) is 0 Å². The number of sulfonamides is 1. The zero-order valence-electron chi connectivity index (χ0n) is 9.57. The van der Waals surface area contributed by atoms with Crippen molar-refractivity contribution in [1.29, 1.82) is 0 Å². The van der Waals surface area contributed by atoms with Crippen molar-refractivity contribution in [2.24, 2.45) is 0 Å². The molecule has 0 aliphatic carbocycles. The number of aromatic carboxylic acids is 1. The lowest BCUT2D eigenvalue weighted by Crippen LogP contribution is -2.38. The Morgan fingerprint density at radius 3 is 2.44 bits per heavy atom. The van der Waals surface area contributed by atoms with Gasteiger partial charge in [-0.3, -0.25) is 0 Å². The lowest BCUT2D eigenvalue weighted by molar-refractivity contribution is 0.0313. The van der Waals surface area contributed by atoms with Crippen LogP contribution >= 0.6 is 0 Å². The van der Waals surface area contributed by atoms with E-state index in [1.807, 2.05) is 0 Å². The number of rotatable bonds is 3. The van der Waals surface area contributed by atoms with Crippen LogP contribution in [0.2, 0.25) is 0 Å². The molecule has 2 rings (SSSR count). The Kier molecular flexibility index (Phi) is 3.65. The minimum Gasteiger partial charge on any atom is -0.478 e. The van der Waals surface area contributed by atoms with Gasteiger partial charge in [-0.05, 0) is 30.7 Å². The molecule has 1 aliphatic heterocycles.